The predicted molar refractivity (Wildman–Crippen MR) is 60.8 cm³/mol. The third-order valence-corrected chi connectivity index (χ3v) is 2.35. The molecule has 0 amide bonds. The van der Waals surface area contributed by atoms with Gasteiger partial charge in [0.15, 0.2) is 0 Å². The van der Waals surface area contributed by atoms with Crippen LogP contribution < -0.4 is 10.1 Å². The number of rotatable bonds is 2. The highest BCUT2D eigenvalue weighted by Gasteiger charge is 2.15. The van der Waals surface area contributed by atoms with Gasteiger partial charge in [0, 0.05) is 0 Å². The topological polar surface area (TPSA) is 47.0 Å². The van der Waals surface area contributed by atoms with E-state index >= 15 is 0 Å². The molecule has 1 saturated heterocycles. The number of hydrogen-bond acceptors (Lipinski definition) is 4. The van der Waals surface area contributed by atoms with E-state index in [9.17, 15) is 0 Å². The number of nitrogens with zero attached hydrogens (tertiary/aromatic N) is 2. The third-order valence-electron chi connectivity index (χ3n) is 2.15. The normalized spacial score (nSPS) is 16.9. The van der Waals surface area contributed by atoms with Gasteiger partial charge in [-0.15, -0.1) is 12.4 Å². The molecule has 1 aromatic rings. The van der Waals surface area contributed by atoms with Gasteiger partial charge in [-0.05, 0) is 25.9 Å². The van der Waals surface area contributed by atoms with Crippen LogP contribution in [0.25, 0.3) is 0 Å². The van der Waals surface area contributed by atoms with Crippen molar-refractivity contribution in [2.45, 2.75) is 18.9 Å². The molecule has 2 heterocycles. The molecule has 1 N–H and O–H groups in total. The average Bonchev–Trinajstić information content (AvgIpc) is 2.23. The van der Waals surface area contributed by atoms with Gasteiger partial charge in [0.25, 0.3) is 0 Å². The monoisotopic (exact) mass is 249 g/mol. The van der Waals surface area contributed by atoms with Gasteiger partial charge in [0.2, 0.25) is 0 Å². The van der Waals surface area contributed by atoms with Crippen molar-refractivity contribution >= 4 is 24.0 Å². The van der Waals surface area contributed by atoms with Gasteiger partial charge < -0.3 is 10.1 Å². The summed E-state index contributed by atoms with van der Waals surface area (Å²) in [4.78, 5) is 7.97. The maximum atomic E-state index is 5.66. The number of nitrogens with one attached hydrogen (secondary N) is 1. The van der Waals surface area contributed by atoms with Crippen LogP contribution in [0.1, 0.15) is 12.8 Å². The molecule has 4 nitrogen and oxygen atoms in total. The highest BCUT2D eigenvalue weighted by molar-refractivity contribution is 6.30. The van der Waals surface area contributed by atoms with Crippen LogP contribution in [-0.4, -0.2) is 29.2 Å². The summed E-state index contributed by atoms with van der Waals surface area (Å²) in [6.07, 6.45) is 5.34. The summed E-state index contributed by atoms with van der Waals surface area (Å²) in [5.41, 5.74) is 0. The lowest BCUT2D eigenvalue weighted by Crippen LogP contribution is -2.34. The Morgan fingerprint density at radius 2 is 1.87 bits per heavy atom. The third kappa shape index (κ3) is 3.81. The van der Waals surface area contributed by atoms with Gasteiger partial charge in [-0.3, -0.25) is 0 Å². The first-order chi connectivity index (χ1) is 6.84. The van der Waals surface area contributed by atoms with Gasteiger partial charge in [-0.1, -0.05) is 11.6 Å². The van der Waals surface area contributed by atoms with Crippen LogP contribution in [0.3, 0.4) is 0 Å². The molecule has 0 unspecified atom stereocenters. The second-order valence-electron chi connectivity index (χ2n) is 3.25. The van der Waals surface area contributed by atoms with E-state index < -0.39 is 0 Å². The molecule has 1 fully saturated rings. The fraction of sp³-hybridized carbons (Fsp3) is 0.556. The van der Waals surface area contributed by atoms with Crippen LogP contribution in [0.15, 0.2) is 12.4 Å². The standard InChI is InChI=1S/C9H12ClN3O.ClH/c10-7-5-12-9(13-6-7)14-8-1-3-11-4-2-8;/h5-6,8,11H,1-4H2;1H. The van der Waals surface area contributed by atoms with Crippen molar-refractivity contribution < 1.29 is 4.74 Å². The second kappa shape index (κ2) is 6.10. The van der Waals surface area contributed by atoms with E-state index in [-0.39, 0.29) is 18.5 Å². The zero-order chi connectivity index (χ0) is 9.80. The number of ether oxygens (including phenoxy) is 1. The Morgan fingerprint density at radius 1 is 1.27 bits per heavy atom. The van der Waals surface area contributed by atoms with Crippen molar-refractivity contribution in [1.82, 2.24) is 15.3 Å². The molecule has 0 atom stereocenters. The molecule has 1 aromatic heterocycles. The Hall–Kier alpha value is -0.580. The fourth-order valence-electron chi connectivity index (χ4n) is 1.42. The van der Waals surface area contributed by atoms with E-state index in [1.54, 1.807) is 12.4 Å². The number of halogens is 2. The second-order valence-corrected chi connectivity index (χ2v) is 3.69. The van der Waals surface area contributed by atoms with Crippen molar-refractivity contribution in [3.05, 3.63) is 17.4 Å². The minimum absolute atomic E-state index is 0. The van der Waals surface area contributed by atoms with Crippen molar-refractivity contribution in [2.24, 2.45) is 0 Å². The van der Waals surface area contributed by atoms with E-state index in [0.717, 1.165) is 25.9 Å². The van der Waals surface area contributed by atoms with Crippen LogP contribution >= 0.6 is 24.0 Å². The molecule has 0 bridgehead atoms. The van der Waals surface area contributed by atoms with Gasteiger partial charge in [0.05, 0.1) is 17.4 Å². The van der Waals surface area contributed by atoms with Crippen LogP contribution in [0, 0.1) is 0 Å². The van der Waals surface area contributed by atoms with Crippen molar-refractivity contribution in [3.8, 4) is 6.01 Å². The summed E-state index contributed by atoms with van der Waals surface area (Å²) in [7, 11) is 0. The molecular formula is C9H13Cl2N3O. The largest absolute Gasteiger partial charge is 0.460 e. The number of aromatic nitrogens is 2. The molecule has 0 saturated carbocycles. The Bertz CT molecular complexity index is 288. The quantitative estimate of drug-likeness (QED) is 0.867. The van der Waals surface area contributed by atoms with Gasteiger partial charge in [-0.2, -0.15) is 0 Å². The smallest absolute Gasteiger partial charge is 0.316 e. The molecule has 0 aromatic carbocycles. The number of hydrogen-bond donors (Lipinski definition) is 1. The van der Waals surface area contributed by atoms with E-state index in [2.05, 4.69) is 15.3 Å². The summed E-state index contributed by atoms with van der Waals surface area (Å²) >= 11 is 5.66. The zero-order valence-electron chi connectivity index (χ0n) is 8.15. The minimum atomic E-state index is 0. The van der Waals surface area contributed by atoms with Gasteiger partial charge in [-0.25, -0.2) is 9.97 Å². The Balaban J connectivity index is 0.00000112. The van der Waals surface area contributed by atoms with Crippen molar-refractivity contribution in [3.63, 3.8) is 0 Å². The molecule has 15 heavy (non-hydrogen) atoms. The molecule has 84 valence electrons. The molecule has 1 aliphatic rings. The lowest BCUT2D eigenvalue weighted by Gasteiger charge is -2.22. The zero-order valence-corrected chi connectivity index (χ0v) is 9.72. The Morgan fingerprint density at radius 3 is 2.47 bits per heavy atom. The first-order valence-electron chi connectivity index (χ1n) is 4.69. The van der Waals surface area contributed by atoms with Crippen LogP contribution in [0.2, 0.25) is 5.02 Å². The SMILES string of the molecule is Cl.Clc1cnc(OC2CCNCC2)nc1. The maximum Gasteiger partial charge on any atom is 0.316 e. The summed E-state index contributed by atoms with van der Waals surface area (Å²) < 4.78 is 5.59. The predicted octanol–water partition coefficient (Wildman–Crippen LogP) is 1.68. The van der Waals surface area contributed by atoms with Gasteiger partial charge in [0.1, 0.15) is 6.10 Å². The molecule has 2 rings (SSSR count). The first kappa shape index (κ1) is 12.5. The molecule has 0 aliphatic carbocycles. The number of piperidine rings is 1. The average molecular weight is 250 g/mol. The summed E-state index contributed by atoms with van der Waals surface area (Å²) in [6.45, 7) is 2.00. The van der Waals surface area contributed by atoms with E-state index in [1.165, 1.54) is 0 Å². The fourth-order valence-corrected chi connectivity index (χ4v) is 1.52. The molecule has 0 spiro atoms. The Labute approximate surface area is 99.8 Å². The van der Waals surface area contributed by atoms with Crippen LogP contribution in [0.4, 0.5) is 0 Å². The summed E-state index contributed by atoms with van der Waals surface area (Å²) in [5.74, 6) is 0. The van der Waals surface area contributed by atoms with Gasteiger partial charge >= 0.3 is 6.01 Å². The molecule has 6 heteroatoms. The van der Waals surface area contributed by atoms with E-state index in [0.29, 0.717) is 11.0 Å². The molecular weight excluding hydrogens is 237 g/mol. The van der Waals surface area contributed by atoms with Crippen molar-refractivity contribution in [2.75, 3.05) is 13.1 Å². The maximum absolute atomic E-state index is 5.66. The van der Waals surface area contributed by atoms with Crippen molar-refractivity contribution in [1.29, 1.82) is 0 Å². The molecule has 0 radical (unpaired) electrons. The van der Waals surface area contributed by atoms with Crippen LogP contribution in [0.5, 0.6) is 6.01 Å². The highest BCUT2D eigenvalue weighted by Crippen LogP contribution is 2.12. The first-order valence-corrected chi connectivity index (χ1v) is 5.07. The highest BCUT2D eigenvalue weighted by atomic mass is 35.5. The lowest BCUT2D eigenvalue weighted by atomic mass is 10.1. The summed E-state index contributed by atoms with van der Waals surface area (Å²) in [6, 6.07) is 0.418. The Kier molecular flexibility index (Phi) is 5.08. The minimum Gasteiger partial charge on any atom is -0.460 e. The lowest BCUT2D eigenvalue weighted by molar-refractivity contribution is 0.149. The molecule has 1 aliphatic heterocycles. The van der Waals surface area contributed by atoms with E-state index in [4.69, 9.17) is 16.3 Å². The van der Waals surface area contributed by atoms with E-state index in [1.807, 2.05) is 0 Å². The summed E-state index contributed by atoms with van der Waals surface area (Å²) in [5, 5.41) is 3.80. The van der Waals surface area contributed by atoms with Crippen LogP contribution in [-0.2, 0) is 0 Å².